The number of hydrogen-bond donors (Lipinski definition) is 0. The van der Waals surface area contributed by atoms with Gasteiger partial charge < -0.3 is 13.7 Å². The summed E-state index contributed by atoms with van der Waals surface area (Å²) in [4.78, 5) is 12.2. The summed E-state index contributed by atoms with van der Waals surface area (Å²) in [5, 5.41) is 6.59. The van der Waals surface area contributed by atoms with Crippen LogP contribution in [-0.2, 0) is 6.54 Å². The number of rotatable bonds is 6. The second kappa shape index (κ2) is 7.56. The minimum absolute atomic E-state index is 0.122. The van der Waals surface area contributed by atoms with Gasteiger partial charge in [0.1, 0.15) is 11.6 Å². The third kappa shape index (κ3) is 4.49. The van der Waals surface area contributed by atoms with Crippen LogP contribution in [0.3, 0.4) is 0 Å². The Balaban J connectivity index is 1.84. The fraction of sp³-hybridized carbons (Fsp3) is 0.188. The highest BCUT2D eigenvalue weighted by molar-refractivity contribution is 5.51. The van der Waals surface area contributed by atoms with Crippen LogP contribution in [0.5, 0.6) is 5.75 Å². The van der Waals surface area contributed by atoms with Crippen molar-refractivity contribution >= 4 is 0 Å². The topological polar surface area (TPSA) is 70.2 Å². The van der Waals surface area contributed by atoms with E-state index in [9.17, 15) is 26.7 Å². The van der Waals surface area contributed by atoms with Crippen molar-refractivity contribution in [3.63, 3.8) is 0 Å². The number of hydrogen-bond acceptors (Lipinski definition) is 5. The van der Waals surface area contributed by atoms with Gasteiger partial charge in [0.25, 0.3) is 11.4 Å². The molecule has 6 nitrogen and oxygen atoms in total. The third-order valence-electron chi connectivity index (χ3n) is 3.38. The summed E-state index contributed by atoms with van der Waals surface area (Å²) in [6.45, 7) is -3.25. The summed E-state index contributed by atoms with van der Waals surface area (Å²) in [6.07, 6.45) is -1.65. The Labute approximate surface area is 147 Å². The number of alkyl halides is 4. The van der Waals surface area contributed by atoms with Crippen molar-refractivity contribution < 1.29 is 31.1 Å². The number of nitrogens with zero attached hydrogens (tertiary/aromatic N) is 3. The molecule has 2 aromatic heterocycles. The second-order valence-corrected chi connectivity index (χ2v) is 5.30. The molecule has 0 aliphatic heterocycles. The lowest BCUT2D eigenvalue weighted by atomic mass is 10.2. The molecule has 0 bridgehead atoms. The van der Waals surface area contributed by atoms with Gasteiger partial charge in [-0.1, -0.05) is 0 Å². The van der Waals surface area contributed by atoms with Gasteiger partial charge in [-0.2, -0.15) is 17.6 Å². The largest absolute Gasteiger partial charge is 0.435 e. The summed E-state index contributed by atoms with van der Waals surface area (Å²) < 4.78 is 73.1. The Morgan fingerprint density at radius 1 is 1.11 bits per heavy atom. The highest BCUT2D eigenvalue weighted by Gasteiger charge is 2.17. The number of halogens is 5. The maximum atomic E-state index is 13.5. The summed E-state index contributed by atoms with van der Waals surface area (Å²) in [5.41, 5.74) is -0.250. The second-order valence-electron chi connectivity index (χ2n) is 5.30. The van der Waals surface area contributed by atoms with Gasteiger partial charge in [0.05, 0.1) is 6.54 Å². The van der Waals surface area contributed by atoms with Gasteiger partial charge >= 0.3 is 13.0 Å². The van der Waals surface area contributed by atoms with E-state index in [0.717, 1.165) is 22.8 Å². The van der Waals surface area contributed by atoms with E-state index in [0.29, 0.717) is 0 Å². The molecule has 0 amide bonds. The first-order valence-electron chi connectivity index (χ1n) is 7.38. The van der Waals surface area contributed by atoms with E-state index in [1.807, 2.05) is 0 Å². The van der Waals surface area contributed by atoms with E-state index in [2.05, 4.69) is 14.9 Å². The molecule has 0 N–H and O–H groups in total. The molecular formula is C16H10F5N3O3. The Morgan fingerprint density at radius 2 is 1.89 bits per heavy atom. The van der Waals surface area contributed by atoms with Crippen molar-refractivity contribution in [2.75, 3.05) is 0 Å². The molecule has 0 aliphatic rings. The Morgan fingerprint density at radius 3 is 2.52 bits per heavy atom. The van der Waals surface area contributed by atoms with Crippen LogP contribution in [0.2, 0.25) is 0 Å². The van der Waals surface area contributed by atoms with Crippen LogP contribution < -0.4 is 10.3 Å². The minimum Gasteiger partial charge on any atom is -0.435 e. The molecule has 0 radical (unpaired) electrons. The third-order valence-corrected chi connectivity index (χ3v) is 3.38. The molecule has 0 atom stereocenters. The van der Waals surface area contributed by atoms with Crippen LogP contribution in [0.4, 0.5) is 22.0 Å². The summed E-state index contributed by atoms with van der Waals surface area (Å²) >= 11 is 0. The van der Waals surface area contributed by atoms with Gasteiger partial charge in [-0.25, -0.2) is 4.39 Å². The lowest BCUT2D eigenvalue weighted by Crippen LogP contribution is -2.19. The monoisotopic (exact) mass is 387 g/mol. The first kappa shape index (κ1) is 18.5. The van der Waals surface area contributed by atoms with E-state index in [4.69, 9.17) is 4.42 Å². The molecule has 0 aliphatic carbocycles. The minimum atomic E-state index is -3.12. The smallest absolute Gasteiger partial charge is 0.387 e. The Hall–Kier alpha value is -3.24. The van der Waals surface area contributed by atoms with Gasteiger partial charge in [0, 0.05) is 23.9 Å². The van der Waals surface area contributed by atoms with Crippen molar-refractivity contribution in [2.45, 2.75) is 19.6 Å². The molecule has 1 aromatic carbocycles. The average Bonchev–Trinajstić information content (AvgIpc) is 3.06. The van der Waals surface area contributed by atoms with Gasteiger partial charge in [0.2, 0.25) is 5.89 Å². The molecule has 11 heteroatoms. The molecule has 27 heavy (non-hydrogen) atoms. The number of benzene rings is 1. The fourth-order valence-electron chi connectivity index (χ4n) is 2.29. The number of aromatic nitrogens is 3. The first-order valence-corrected chi connectivity index (χ1v) is 7.38. The van der Waals surface area contributed by atoms with Crippen LogP contribution in [0.15, 0.2) is 45.7 Å². The summed E-state index contributed by atoms with van der Waals surface area (Å²) in [5.74, 6) is -2.32. The SMILES string of the molecule is O=c1cc(-c2nnc(C(F)F)o2)ccn1Cc1cc(F)cc(OC(F)F)c1. The molecule has 0 saturated carbocycles. The summed E-state index contributed by atoms with van der Waals surface area (Å²) in [6, 6.07) is 5.45. The predicted molar refractivity (Wildman–Crippen MR) is 81.1 cm³/mol. The Kier molecular flexibility index (Phi) is 5.19. The quantitative estimate of drug-likeness (QED) is 0.605. The molecule has 0 fully saturated rings. The van der Waals surface area contributed by atoms with E-state index in [-0.39, 0.29) is 29.3 Å². The van der Waals surface area contributed by atoms with Gasteiger partial charge in [-0.15, -0.1) is 10.2 Å². The molecule has 0 saturated heterocycles. The zero-order valence-electron chi connectivity index (χ0n) is 13.3. The highest BCUT2D eigenvalue weighted by Crippen LogP contribution is 2.23. The van der Waals surface area contributed by atoms with E-state index in [1.165, 1.54) is 18.3 Å². The molecule has 2 heterocycles. The summed E-state index contributed by atoms with van der Waals surface area (Å²) in [7, 11) is 0. The molecule has 142 valence electrons. The van der Waals surface area contributed by atoms with Crippen LogP contribution in [0.25, 0.3) is 11.5 Å². The van der Waals surface area contributed by atoms with Crippen LogP contribution >= 0.6 is 0 Å². The normalized spacial score (nSPS) is 11.4. The van der Waals surface area contributed by atoms with Crippen molar-refractivity contribution in [1.29, 1.82) is 0 Å². The first-order chi connectivity index (χ1) is 12.8. The van der Waals surface area contributed by atoms with Crippen LogP contribution in [0.1, 0.15) is 17.9 Å². The average molecular weight is 387 g/mol. The zero-order valence-corrected chi connectivity index (χ0v) is 13.3. The van der Waals surface area contributed by atoms with Crippen LogP contribution in [-0.4, -0.2) is 21.4 Å². The molecular weight excluding hydrogens is 377 g/mol. The Bertz CT molecular complexity index is 1000. The predicted octanol–water partition coefficient (Wildman–Crippen LogP) is 3.62. The van der Waals surface area contributed by atoms with Gasteiger partial charge in [-0.3, -0.25) is 4.79 Å². The molecule has 3 aromatic rings. The molecule has 0 unspecified atom stereocenters. The van der Waals surface area contributed by atoms with Crippen molar-refractivity contribution in [1.82, 2.24) is 14.8 Å². The van der Waals surface area contributed by atoms with Crippen molar-refractivity contribution in [3.05, 3.63) is 64.2 Å². The van der Waals surface area contributed by atoms with Crippen LogP contribution in [0, 0.1) is 5.82 Å². The number of pyridine rings is 1. The standard InChI is InChI=1S/C16H10F5N3O3/c17-10-3-8(4-11(6-10)26-16(20)21)7-24-2-1-9(5-12(24)25)14-22-23-15(27-14)13(18)19/h1-6,13,16H,7H2. The van der Waals surface area contributed by atoms with Gasteiger partial charge in [0.15, 0.2) is 0 Å². The van der Waals surface area contributed by atoms with E-state index >= 15 is 0 Å². The number of ether oxygens (including phenoxy) is 1. The lowest BCUT2D eigenvalue weighted by Gasteiger charge is -2.09. The molecule has 3 rings (SSSR count). The van der Waals surface area contributed by atoms with Crippen molar-refractivity contribution in [3.8, 4) is 17.2 Å². The molecule has 0 spiro atoms. The van der Waals surface area contributed by atoms with Gasteiger partial charge in [-0.05, 0) is 23.8 Å². The lowest BCUT2D eigenvalue weighted by molar-refractivity contribution is -0.0500. The van der Waals surface area contributed by atoms with E-state index < -0.39 is 30.3 Å². The van der Waals surface area contributed by atoms with E-state index in [1.54, 1.807) is 0 Å². The highest BCUT2D eigenvalue weighted by atomic mass is 19.3. The zero-order chi connectivity index (χ0) is 19.6. The maximum Gasteiger partial charge on any atom is 0.387 e. The fourth-order valence-corrected chi connectivity index (χ4v) is 2.29. The maximum absolute atomic E-state index is 13.5. The van der Waals surface area contributed by atoms with Crippen molar-refractivity contribution in [2.24, 2.45) is 0 Å².